The van der Waals surface area contributed by atoms with Crippen LogP contribution in [0.2, 0.25) is 0 Å². The van der Waals surface area contributed by atoms with Crippen molar-refractivity contribution >= 4 is 0 Å². The first-order chi connectivity index (χ1) is 8.19. The summed E-state index contributed by atoms with van der Waals surface area (Å²) in [4.78, 5) is 2.66. The summed E-state index contributed by atoms with van der Waals surface area (Å²) < 4.78 is 0. The molecule has 0 atom stereocenters. The molecule has 0 aliphatic carbocycles. The molecular formula is C13H12N4. The number of hydrogen-bond acceptors (Lipinski definition) is 2. The van der Waals surface area contributed by atoms with E-state index < -0.39 is 0 Å². The first-order valence-electron chi connectivity index (χ1n) is 5.20. The van der Waals surface area contributed by atoms with Gasteiger partial charge >= 0.3 is 0 Å². The van der Waals surface area contributed by atoms with Gasteiger partial charge in [-0.2, -0.15) is 5.26 Å². The van der Waals surface area contributed by atoms with Gasteiger partial charge in [0.05, 0.1) is 11.6 Å². The topological polar surface area (TPSA) is 72.5 Å². The lowest BCUT2D eigenvalue weighted by molar-refractivity contribution is 1.01. The van der Waals surface area contributed by atoms with Gasteiger partial charge in [0, 0.05) is 23.4 Å². The number of nitriles is 1. The van der Waals surface area contributed by atoms with E-state index in [4.69, 9.17) is 10.8 Å². The van der Waals surface area contributed by atoms with Crippen molar-refractivity contribution in [2.24, 2.45) is 5.11 Å². The second kappa shape index (κ2) is 6.23. The van der Waals surface area contributed by atoms with Gasteiger partial charge in [0.2, 0.25) is 0 Å². The third kappa shape index (κ3) is 3.57. The van der Waals surface area contributed by atoms with Crippen LogP contribution in [0.4, 0.5) is 0 Å². The zero-order valence-electron chi connectivity index (χ0n) is 9.86. The van der Waals surface area contributed by atoms with Crippen LogP contribution in [0, 0.1) is 37.0 Å². The molecule has 0 unspecified atom stereocenters. The molecule has 0 heterocycles. The fourth-order valence-corrected chi connectivity index (χ4v) is 1.53. The minimum atomic E-state index is 0.387. The first-order valence-corrected chi connectivity index (χ1v) is 5.20. The summed E-state index contributed by atoms with van der Waals surface area (Å²) in [5.74, 6) is 6.01. The summed E-state index contributed by atoms with van der Waals surface area (Å²) in [6, 6.07) is 5.76. The maximum absolute atomic E-state index is 8.82. The molecule has 84 valence electrons. The van der Waals surface area contributed by atoms with E-state index in [0.29, 0.717) is 18.5 Å². The number of nitrogens with zero attached hydrogens (tertiary/aromatic N) is 4. The standard InChI is InChI=1S/C13H12N4/c1-10-7-12(9-14)8-11(2)13(10)5-3-4-6-16-17-15/h7-8H,4,6H2,1-2H3. The van der Waals surface area contributed by atoms with Crippen molar-refractivity contribution in [1.29, 1.82) is 5.26 Å². The Morgan fingerprint density at radius 3 is 2.53 bits per heavy atom. The summed E-state index contributed by atoms with van der Waals surface area (Å²) in [5.41, 5.74) is 11.7. The maximum atomic E-state index is 8.82. The van der Waals surface area contributed by atoms with Crippen LogP contribution in [0.15, 0.2) is 17.2 Å². The predicted octanol–water partition coefficient (Wildman–Crippen LogP) is 3.23. The summed E-state index contributed by atoms with van der Waals surface area (Å²) in [6.45, 7) is 4.26. The van der Waals surface area contributed by atoms with Crippen LogP contribution in [0.1, 0.15) is 28.7 Å². The average molecular weight is 224 g/mol. The van der Waals surface area contributed by atoms with Crippen LogP contribution in [0.5, 0.6) is 0 Å². The molecule has 0 aromatic heterocycles. The lowest BCUT2D eigenvalue weighted by Gasteiger charge is -2.03. The van der Waals surface area contributed by atoms with E-state index in [1.807, 2.05) is 26.0 Å². The summed E-state index contributed by atoms with van der Waals surface area (Å²) in [5, 5.41) is 12.2. The molecule has 0 saturated heterocycles. The molecule has 0 radical (unpaired) electrons. The molecule has 0 fully saturated rings. The number of aryl methyl sites for hydroxylation is 2. The van der Waals surface area contributed by atoms with Crippen LogP contribution in [0.25, 0.3) is 10.4 Å². The molecule has 0 spiro atoms. The van der Waals surface area contributed by atoms with Crippen molar-refractivity contribution in [3.8, 4) is 17.9 Å². The molecule has 0 amide bonds. The zero-order valence-corrected chi connectivity index (χ0v) is 9.86. The third-order valence-electron chi connectivity index (χ3n) is 2.28. The van der Waals surface area contributed by atoms with Gasteiger partial charge in [-0.15, -0.1) is 0 Å². The van der Waals surface area contributed by atoms with Gasteiger partial charge < -0.3 is 0 Å². The van der Waals surface area contributed by atoms with Gasteiger partial charge in [0.15, 0.2) is 0 Å². The molecule has 1 aromatic rings. The van der Waals surface area contributed by atoms with Gasteiger partial charge in [0.25, 0.3) is 0 Å². The van der Waals surface area contributed by atoms with Crippen molar-refractivity contribution in [3.05, 3.63) is 44.8 Å². The van der Waals surface area contributed by atoms with E-state index >= 15 is 0 Å². The molecular weight excluding hydrogens is 212 g/mol. The van der Waals surface area contributed by atoms with Gasteiger partial charge in [-0.1, -0.05) is 17.0 Å². The zero-order chi connectivity index (χ0) is 12.7. The third-order valence-corrected chi connectivity index (χ3v) is 2.28. The second-order valence-corrected chi connectivity index (χ2v) is 3.60. The van der Waals surface area contributed by atoms with Crippen LogP contribution in [0.3, 0.4) is 0 Å². The molecule has 4 nitrogen and oxygen atoms in total. The Morgan fingerprint density at radius 1 is 1.35 bits per heavy atom. The maximum Gasteiger partial charge on any atom is 0.0991 e. The van der Waals surface area contributed by atoms with Crippen LogP contribution in [-0.2, 0) is 0 Å². The summed E-state index contributed by atoms with van der Waals surface area (Å²) in [6.07, 6.45) is 0.545. The van der Waals surface area contributed by atoms with Crippen molar-refractivity contribution in [2.45, 2.75) is 20.3 Å². The number of hydrogen-bond donors (Lipinski definition) is 0. The molecule has 17 heavy (non-hydrogen) atoms. The highest BCUT2D eigenvalue weighted by atomic mass is 15.1. The Balaban J connectivity index is 2.92. The molecule has 0 aliphatic heterocycles. The largest absolute Gasteiger partial charge is 0.192 e. The van der Waals surface area contributed by atoms with E-state index in [1.54, 1.807) is 0 Å². The van der Waals surface area contributed by atoms with E-state index in [9.17, 15) is 0 Å². The summed E-state index contributed by atoms with van der Waals surface area (Å²) in [7, 11) is 0. The Hall–Kier alpha value is -2.42. The molecule has 0 saturated carbocycles. The minimum absolute atomic E-state index is 0.387. The summed E-state index contributed by atoms with van der Waals surface area (Å²) >= 11 is 0. The fourth-order valence-electron chi connectivity index (χ4n) is 1.53. The highest BCUT2D eigenvalue weighted by Crippen LogP contribution is 2.15. The van der Waals surface area contributed by atoms with E-state index in [1.165, 1.54) is 0 Å². The normalized spacial score (nSPS) is 8.53. The van der Waals surface area contributed by atoms with Crippen LogP contribution < -0.4 is 0 Å². The molecule has 1 rings (SSSR count). The monoisotopic (exact) mass is 224 g/mol. The van der Waals surface area contributed by atoms with Gasteiger partial charge in [0.1, 0.15) is 0 Å². The molecule has 0 aliphatic rings. The highest BCUT2D eigenvalue weighted by Gasteiger charge is 2.01. The van der Waals surface area contributed by atoms with Crippen LogP contribution >= 0.6 is 0 Å². The minimum Gasteiger partial charge on any atom is -0.192 e. The Labute approximate surface area is 101 Å². The van der Waals surface area contributed by atoms with E-state index in [2.05, 4.69) is 27.9 Å². The van der Waals surface area contributed by atoms with Crippen molar-refractivity contribution in [1.82, 2.24) is 0 Å². The van der Waals surface area contributed by atoms with E-state index in [-0.39, 0.29) is 0 Å². The number of azide groups is 1. The van der Waals surface area contributed by atoms with Crippen molar-refractivity contribution < 1.29 is 0 Å². The molecule has 1 aromatic carbocycles. The Bertz CT molecular complexity index is 540. The van der Waals surface area contributed by atoms with Crippen LogP contribution in [-0.4, -0.2) is 6.54 Å². The molecule has 0 N–H and O–H groups in total. The lowest BCUT2D eigenvalue weighted by Crippen LogP contribution is -1.90. The molecule has 0 bridgehead atoms. The van der Waals surface area contributed by atoms with Crippen molar-refractivity contribution in [3.63, 3.8) is 0 Å². The quantitative estimate of drug-likeness (QED) is 0.250. The lowest BCUT2D eigenvalue weighted by atomic mass is 10.00. The van der Waals surface area contributed by atoms with Crippen molar-refractivity contribution in [2.75, 3.05) is 6.54 Å². The Morgan fingerprint density at radius 2 is 2.00 bits per heavy atom. The number of benzene rings is 1. The smallest absolute Gasteiger partial charge is 0.0991 e. The fraction of sp³-hybridized carbons (Fsp3) is 0.308. The predicted molar refractivity (Wildman–Crippen MR) is 66.1 cm³/mol. The highest BCUT2D eigenvalue weighted by molar-refractivity contribution is 5.50. The number of rotatable bonds is 2. The van der Waals surface area contributed by atoms with E-state index in [0.717, 1.165) is 16.7 Å². The van der Waals surface area contributed by atoms with Gasteiger partial charge in [-0.05, 0) is 42.6 Å². The molecule has 4 heteroatoms. The van der Waals surface area contributed by atoms with Gasteiger partial charge in [-0.3, -0.25) is 0 Å². The second-order valence-electron chi connectivity index (χ2n) is 3.60. The average Bonchev–Trinajstić information content (AvgIpc) is 2.31. The first kappa shape index (κ1) is 12.6. The van der Waals surface area contributed by atoms with Gasteiger partial charge in [-0.25, -0.2) is 0 Å². The Kier molecular flexibility index (Phi) is 4.63. The SMILES string of the molecule is Cc1cc(C#N)cc(C)c1C#CCCN=[N+]=[N-].